The molecule has 1 fully saturated rings. The van der Waals surface area contributed by atoms with Crippen molar-refractivity contribution < 1.29 is 14.6 Å². The summed E-state index contributed by atoms with van der Waals surface area (Å²) in [5.41, 5.74) is 1.90. The lowest BCUT2D eigenvalue weighted by Gasteiger charge is -2.12. The third-order valence-corrected chi connectivity index (χ3v) is 6.34. The number of aromatic hydroxyl groups is 1. The number of carbonyl (C=O) groups is 1. The molecule has 0 unspecified atom stereocenters. The Morgan fingerprint density at radius 2 is 1.84 bits per heavy atom. The molecule has 1 aliphatic heterocycles. The van der Waals surface area contributed by atoms with Gasteiger partial charge in [-0.1, -0.05) is 48.2 Å². The summed E-state index contributed by atoms with van der Waals surface area (Å²) in [6, 6.07) is 14.0. The van der Waals surface area contributed by atoms with Gasteiger partial charge in [-0.2, -0.15) is 0 Å². The molecule has 31 heavy (non-hydrogen) atoms. The van der Waals surface area contributed by atoms with Crippen molar-refractivity contribution in [3.8, 4) is 17.2 Å². The Labute approximate surface area is 188 Å². The number of anilines is 1. The highest BCUT2D eigenvalue weighted by Gasteiger charge is 2.37. The molecule has 1 N–H and O–H groups in total. The lowest BCUT2D eigenvalue weighted by Crippen LogP contribution is -2.33. The Kier molecular flexibility index (Phi) is 5.47. The minimum atomic E-state index is -0.368. The van der Waals surface area contributed by atoms with Gasteiger partial charge in [0, 0.05) is 7.05 Å². The summed E-state index contributed by atoms with van der Waals surface area (Å²) in [4.78, 5) is 28.2. The van der Waals surface area contributed by atoms with Gasteiger partial charge in [-0.25, -0.2) is 4.68 Å². The van der Waals surface area contributed by atoms with Crippen LogP contribution in [0.15, 0.2) is 58.2 Å². The predicted molar refractivity (Wildman–Crippen MR) is 126 cm³/mol. The van der Waals surface area contributed by atoms with Crippen LogP contribution in [0.2, 0.25) is 0 Å². The number of methoxy groups -OCH3 is 1. The number of nitrogens with zero attached hydrogens (tertiary/aromatic N) is 3. The normalized spacial score (nSPS) is 15.2. The largest absolute Gasteiger partial charge is 0.504 e. The molecule has 9 heteroatoms. The topological polar surface area (TPSA) is 76.7 Å². The second kappa shape index (κ2) is 8.09. The fourth-order valence-electron chi connectivity index (χ4n) is 3.41. The van der Waals surface area contributed by atoms with Crippen molar-refractivity contribution in [1.29, 1.82) is 0 Å². The number of aromatic nitrogens is 2. The first kappa shape index (κ1) is 21.0. The van der Waals surface area contributed by atoms with Crippen LogP contribution in [0, 0.1) is 6.92 Å². The zero-order valence-corrected chi connectivity index (χ0v) is 18.7. The van der Waals surface area contributed by atoms with Gasteiger partial charge in [0.2, 0.25) is 0 Å². The highest BCUT2D eigenvalue weighted by atomic mass is 32.2. The number of hydrogen-bond acceptors (Lipinski definition) is 6. The average Bonchev–Trinajstić information content (AvgIpc) is 3.15. The van der Waals surface area contributed by atoms with Gasteiger partial charge in [-0.05, 0) is 42.8 Å². The summed E-state index contributed by atoms with van der Waals surface area (Å²) in [5, 5.41) is 9.78. The molecule has 158 valence electrons. The number of amides is 1. The summed E-state index contributed by atoms with van der Waals surface area (Å²) in [6.45, 7) is 1.78. The molecule has 0 radical (unpaired) electrons. The van der Waals surface area contributed by atoms with Crippen molar-refractivity contribution in [2.45, 2.75) is 6.92 Å². The molecule has 7 nitrogen and oxygen atoms in total. The number of para-hydroxylation sites is 1. The fourth-order valence-corrected chi connectivity index (χ4v) is 4.68. The predicted octanol–water partition coefficient (Wildman–Crippen LogP) is 3.60. The van der Waals surface area contributed by atoms with Gasteiger partial charge in [0.15, 0.2) is 15.8 Å². The van der Waals surface area contributed by atoms with Gasteiger partial charge in [-0.3, -0.25) is 19.2 Å². The van der Waals surface area contributed by atoms with E-state index in [-0.39, 0.29) is 27.2 Å². The van der Waals surface area contributed by atoms with Gasteiger partial charge < -0.3 is 9.84 Å². The van der Waals surface area contributed by atoms with Crippen molar-refractivity contribution in [2.24, 2.45) is 7.05 Å². The molecular weight excluding hydrogens is 434 g/mol. The molecular formula is C22H19N3O4S2. The van der Waals surface area contributed by atoms with E-state index in [2.05, 4.69) is 0 Å². The van der Waals surface area contributed by atoms with Crippen molar-refractivity contribution in [1.82, 2.24) is 9.36 Å². The molecule has 0 spiro atoms. The van der Waals surface area contributed by atoms with Crippen LogP contribution in [0.3, 0.4) is 0 Å². The zero-order valence-electron chi connectivity index (χ0n) is 17.0. The second-order valence-electron chi connectivity index (χ2n) is 6.86. The molecule has 0 aliphatic carbocycles. The molecule has 1 aliphatic rings. The average molecular weight is 454 g/mol. The minimum Gasteiger partial charge on any atom is -0.504 e. The highest BCUT2D eigenvalue weighted by molar-refractivity contribution is 8.27. The standard InChI is InChI=1S/C22H19N3O4S2/c1-13-19(21(28)25(23(13)2)15-7-5-4-6-8-15)24-20(27)18(31-22(24)30)12-14-9-10-16(26)17(11-14)29-3/h4-12,26H,1-3H3/b18-12-. The van der Waals surface area contributed by atoms with Crippen LogP contribution in [0.4, 0.5) is 5.69 Å². The van der Waals surface area contributed by atoms with Crippen molar-refractivity contribution in [2.75, 3.05) is 12.0 Å². The molecule has 1 aromatic heterocycles. The molecule has 0 atom stereocenters. The highest BCUT2D eigenvalue weighted by Crippen LogP contribution is 2.37. The van der Waals surface area contributed by atoms with E-state index in [9.17, 15) is 14.7 Å². The monoisotopic (exact) mass is 453 g/mol. The number of thiocarbonyl (C=S) groups is 1. The third kappa shape index (κ3) is 3.55. The first-order chi connectivity index (χ1) is 14.8. The smallest absolute Gasteiger partial charge is 0.296 e. The Morgan fingerprint density at radius 3 is 2.52 bits per heavy atom. The first-order valence-corrected chi connectivity index (χ1v) is 10.5. The van der Waals surface area contributed by atoms with Gasteiger partial charge in [0.25, 0.3) is 11.5 Å². The number of hydrogen-bond donors (Lipinski definition) is 1. The van der Waals surface area contributed by atoms with Gasteiger partial charge in [0.1, 0.15) is 5.69 Å². The van der Waals surface area contributed by atoms with E-state index in [0.29, 0.717) is 27.6 Å². The molecule has 3 aromatic rings. The van der Waals surface area contributed by atoms with E-state index >= 15 is 0 Å². The van der Waals surface area contributed by atoms with E-state index in [1.54, 1.807) is 36.9 Å². The number of phenolic OH excluding ortho intramolecular Hbond substituents is 1. The number of rotatable bonds is 4. The van der Waals surface area contributed by atoms with E-state index < -0.39 is 0 Å². The van der Waals surface area contributed by atoms with E-state index in [1.165, 1.54) is 22.8 Å². The Morgan fingerprint density at radius 1 is 1.13 bits per heavy atom. The van der Waals surface area contributed by atoms with E-state index in [0.717, 1.165) is 11.8 Å². The molecule has 2 aromatic carbocycles. The van der Waals surface area contributed by atoms with Crippen LogP contribution in [0.25, 0.3) is 11.8 Å². The van der Waals surface area contributed by atoms with E-state index in [1.807, 2.05) is 30.3 Å². The Balaban J connectivity index is 1.76. The molecule has 1 amide bonds. The van der Waals surface area contributed by atoms with E-state index in [4.69, 9.17) is 17.0 Å². The number of carbonyl (C=O) groups excluding carboxylic acids is 1. The lowest BCUT2D eigenvalue weighted by atomic mass is 10.2. The molecule has 2 heterocycles. The summed E-state index contributed by atoms with van der Waals surface area (Å²) in [7, 11) is 3.22. The van der Waals surface area contributed by atoms with Crippen LogP contribution in [-0.4, -0.2) is 31.8 Å². The van der Waals surface area contributed by atoms with Crippen molar-refractivity contribution in [3.05, 3.63) is 75.0 Å². The maximum Gasteiger partial charge on any atom is 0.296 e. The van der Waals surface area contributed by atoms with Crippen LogP contribution < -0.4 is 15.2 Å². The third-order valence-electron chi connectivity index (χ3n) is 5.04. The lowest BCUT2D eigenvalue weighted by molar-refractivity contribution is -0.113. The molecule has 0 bridgehead atoms. The summed E-state index contributed by atoms with van der Waals surface area (Å²) in [5.74, 6) is -0.0597. The summed E-state index contributed by atoms with van der Waals surface area (Å²) < 4.78 is 8.63. The van der Waals surface area contributed by atoms with Crippen LogP contribution >= 0.6 is 24.0 Å². The number of phenols is 1. The maximum atomic E-state index is 13.3. The molecule has 4 rings (SSSR count). The number of thioether (sulfide) groups is 1. The van der Waals surface area contributed by atoms with Gasteiger partial charge >= 0.3 is 0 Å². The van der Waals surface area contributed by atoms with Crippen LogP contribution in [0.1, 0.15) is 11.3 Å². The number of ether oxygens (including phenoxy) is 1. The van der Waals surface area contributed by atoms with Crippen molar-refractivity contribution >= 4 is 46.0 Å². The Hall–Kier alpha value is -3.30. The van der Waals surface area contributed by atoms with Crippen LogP contribution in [-0.2, 0) is 11.8 Å². The molecule has 1 saturated heterocycles. The number of benzene rings is 2. The first-order valence-electron chi connectivity index (χ1n) is 9.32. The quantitative estimate of drug-likeness (QED) is 0.481. The molecule has 0 saturated carbocycles. The minimum absolute atomic E-state index is 0.00794. The maximum absolute atomic E-state index is 13.3. The van der Waals surface area contributed by atoms with Gasteiger partial charge in [-0.15, -0.1) is 0 Å². The fraction of sp³-hybridized carbons (Fsp3) is 0.136. The SMILES string of the molecule is COc1cc(/C=C2\SC(=S)N(c3c(C)n(C)n(-c4ccccc4)c3=O)C2=O)ccc1O. The zero-order chi connectivity index (χ0) is 22.3. The van der Waals surface area contributed by atoms with Crippen LogP contribution in [0.5, 0.6) is 11.5 Å². The van der Waals surface area contributed by atoms with Crippen molar-refractivity contribution in [3.63, 3.8) is 0 Å². The Bertz CT molecular complexity index is 1290. The summed E-state index contributed by atoms with van der Waals surface area (Å²) in [6.07, 6.45) is 1.66. The van der Waals surface area contributed by atoms with Gasteiger partial charge in [0.05, 0.1) is 23.4 Å². The second-order valence-corrected chi connectivity index (χ2v) is 8.53. The summed E-state index contributed by atoms with van der Waals surface area (Å²) >= 11 is 6.58.